The van der Waals surface area contributed by atoms with Crippen LogP contribution in [0.15, 0.2) is 36.9 Å². The van der Waals surface area contributed by atoms with Crippen molar-refractivity contribution in [3.8, 4) is 5.75 Å². The Morgan fingerprint density at radius 3 is 3.04 bits per heavy atom. The second-order valence-corrected chi connectivity index (χ2v) is 6.72. The van der Waals surface area contributed by atoms with Crippen LogP contribution in [0.25, 0.3) is 0 Å². The van der Waals surface area contributed by atoms with Gasteiger partial charge in [0.15, 0.2) is 6.61 Å². The number of carbonyl (C=O) groups excluding carboxylic acids is 1. The molecule has 24 heavy (non-hydrogen) atoms. The van der Waals surface area contributed by atoms with E-state index in [9.17, 15) is 4.79 Å². The summed E-state index contributed by atoms with van der Waals surface area (Å²) < 4.78 is 7.86. The van der Waals surface area contributed by atoms with Gasteiger partial charge in [-0.15, -0.1) is 0 Å². The quantitative estimate of drug-likeness (QED) is 0.868. The Hall–Kier alpha value is -2.30. The van der Waals surface area contributed by atoms with Gasteiger partial charge in [-0.2, -0.15) is 0 Å². The zero-order chi connectivity index (χ0) is 16.4. The first-order valence-corrected chi connectivity index (χ1v) is 8.79. The van der Waals surface area contributed by atoms with Crippen LogP contribution >= 0.6 is 0 Å². The Kier molecular flexibility index (Phi) is 4.24. The van der Waals surface area contributed by atoms with Crippen LogP contribution in [0, 0.1) is 0 Å². The van der Waals surface area contributed by atoms with E-state index in [1.807, 2.05) is 23.5 Å². The summed E-state index contributed by atoms with van der Waals surface area (Å²) in [5.74, 6) is 0.882. The predicted molar refractivity (Wildman–Crippen MR) is 91.0 cm³/mol. The molecule has 1 aromatic heterocycles. The summed E-state index contributed by atoms with van der Waals surface area (Å²) in [7, 11) is 0. The van der Waals surface area contributed by atoms with Crippen LogP contribution in [0.1, 0.15) is 36.4 Å². The van der Waals surface area contributed by atoms with Crippen molar-refractivity contribution >= 4 is 5.91 Å². The summed E-state index contributed by atoms with van der Waals surface area (Å²) in [5, 5.41) is 0. The van der Waals surface area contributed by atoms with Crippen molar-refractivity contribution < 1.29 is 9.53 Å². The molecule has 1 atom stereocenters. The first-order chi connectivity index (χ1) is 11.8. The summed E-state index contributed by atoms with van der Waals surface area (Å²) in [6, 6.07) is 6.55. The van der Waals surface area contributed by atoms with Crippen molar-refractivity contribution in [1.29, 1.82) is 0 Å². The van der Waals surface area contributed by atoms with Gasteiger partial charge < -0.3 is 14.2 Å². The fraction of sp³-hybridized carbons (Fsp3) is 0.474. The molecule has 0 radical (unpaired) electrons. The number of hydrogen-bond donors (Lipinski definition) is 0. The number of benzene rings is 1. The molecule has 0 N–H and O–H groups in total. The second-order valence-electron chi connectivity index (χ2n) is 6.72. The van der Waals surface area contributed by atoms with E-state index in [1.54, 1.807) is 6.20 Å². The fourth-order valence-electron chi connectivity index (χ4n) is 3.78. The first-order valence-electron chi connectivity index (χ1n) is 8.79. The molecule has 2 aliphatic rings. The summed E-state index contributed by atoms with van der Waals surface area (Å²) in [5.41, 5.74) is 2.80. The van der Waals surface area contributed by atoms with Crippen molar-refractivity contribution in [3.63, 3.8) is 0 Å². The summed E-state index contributed by atoms with van der Waals surface area (Å²) in [4.78, 5) is 18.5. The van der Waals surface area contributed by atoms with Crippen LogP contribution in [0.3, 0.4) is 0 Å². The number of hydrogen-bond acceptors (Lipinski definition) is 3. The molecule has 1 aromatic carbocycles. The zero-order valence-electron chi connectivity index (χ0n) is 13.9. The molecule has 1 amide bonds. The van der Waals surface area contributed by atoms with Crippen LogP contribution in [0.4, 0.5) is 0 Å². The highest BCUT2D eigenvalue weighted by molar-refractivity contribution is 5.77. The van der Waals surface area contributed by atoms with E-state index < -0.39 is 0 Å². The van der Waals surface area contributed by atoms with Crippen molar-refractivity contribution in [3.05, 3.63) is 48.0 Å². The Bertz CT molecular complexity index is 711. The van der Waals surface area contributed by atoms with Gasteiger partial charge in [0.2, 0.25) is 0 Å². The molecule has 1 saturated heterocycles. The van der Waals surface area contributed by atoms with Gasteiger partial charge in [-0.3, -0.25) is 4.79 Å². The third-order valence-electron chi connectivity index (χ3n) is 5.13. The molecule has 0 spiro atoms. The highest BCUT2D eigenvalue weighted by atomic mass is 16.5. The second kappa shape index (κ2) is 6.67. The highest BCUT2D eigenvalue weighted by Crippen LogP contribution is 2.26. The van der Waals surface area contributed by atoms with E-state index in [4.69, 9.17) is 4.74 Å². The number of nitrogens with zero attached hydrogens (tertiary/aromatic N) is 3. The number of piperidine rings is 1. The average molecular weight is 325 g/mol. The molecule has 126 valence electrons. The molecule has 5 heteroatoms. The van der Waals surface area contributed by atoms with Crippen LogP contribution in [-0.4, -0.2) is 40.1 Å². The number of carbonyl (C=O) groups is 1. The Morgan fingerprint density at radius 2 is 2.17 bits per heavy atom. The minimum Gasteiger partial charge on any atom is -0.484 e. The number of imidazole rings is 1. The molecule has 0 bridgehead atoms. The van der Waals surface area contributed by atoms with Crippen LogP contribution in [-0.2, 0) is 17.6 Å². The van der Waals surface area contributed by atoms with Gasteiger partial charge in [0.1, 0.15) is 5.75 Å². The molecule has 1 fully saturated rings. The molecule has 0 saturated carbocycles. The molecular weight excluding hydrogens is 302 g/mol. The third-order valence-corrected chi connectivity index (χ3v) is 5.13. The Labute approximate surface area is 142 Å². The zero-order valence-corrected chi connectivity index (χ0v) is 13.9. The van der Waals surface area contributed by atoms with Crippen LogP contribution < -0.4 is 4.74 Å². The van der Waals surface area contributed by atoms with Gasteiger partial charge in [0, 0.05) is 25.5 Å². The largest absolute Gasteiger partial charge is 0.484 e. The summed E-state index contributed by atoms with van der Waals surface area (Å²) >= 11 is 0. The molecule has 2 aromatic rings. The van der Waals surface area contributed by atoms with Crippen molar-refractivity contribution in [1.82, 2.24) is 14.5 Å². The maximum absolute atomic E-state index is 12.5. The predicted octanol–water partition coefficient (Wildman–Crippen LogP) is 2.61. The first kappa shape index (κ1) is 15.2. The average Bonchev–Trinajstić information content (AvgIpc) is 3.30. The SMILES string of the molecule is O=C(COc1ccc2c(c1)CCC2)N1CCC[C@@H](n2ccnc2)C1. The molecule has 2 heterocycles. The van der Waals surface area contributed by atoms with E-state index in [0.717, 1.165) is 44.5 Å². The third kappa shape index (κ3) is 3.16. The van der Waals surface area contributed by atoms with Gasteiger partial charge in [-0.1, -0.05) is 6.07 Å². The Balaban J connectivity index is 1.34. The van der Waals surface area contributed by atoms with Crippen molar-refractivity contribution in [2.45, 2.75) is 38.1 Å². The van der Waals surface area contributed by atoms with E-state index in [1.165, 1.54) is 17.5 Å². The van der Waals surface area contributed by atoms with Gasteiger partial charge >= 0.3 is 0 Å². The molecule has 1 aliphatic carbocycles. The number of aromatic nitrogens is 2. The molecule has 0 unspecified atom stereocenters. The monoisotopic (exact) mass is 325 g/mol. The van der Waals surface area contributed by atoms with Crippen LogP contribution in [0.2, 0.25) is 0 Å². The van der Waals surface area contributed by atoms with Gasteiger partial charge in [-0.25, -0.2) is 4.98 Å². The lowest BCUT2D eigenvalue weighted by Crippen LogP contribution is -2.42. The van der Waals surface area contributed by atoms with Gasteiger partial charge in [0.05, 0.1) is 12.4 Å². The van der Waals surface area contributed by atoms with E-state index in [0.29, 0.717) is 6.04 Å². The number of fused-ring (bicyclic) bond motifs is 1. The number of aryl methyl sites for hydroxylation is 2. The van der Waals surface area contributed by atoms with E-state index >= 15 is 0 Å². The summed E-state index contributed by atoms with van der Waals surface area (Å²) in [6.07, 6.45) is 11.2. The number of likely N-dealkylation sites (tertiary alicyclic amines) is 1. The highest BCUT2D eigenvalue weighted by Gasteiger charge is 2.24. The van der Waals surface area contributed by atoms with Gasteiger partial charge in [-0.05, 0) is 55.4 Å². The topological polar surface area (TPSA) is 47.4 Å². The number of rotatable bonds is 4. The Morgan fingerprint density at radius 1 is 1.25 bits per heavy atom. The van der Waals surface area contributed by atoms with E-state index in [2.05, 4.69) is 21.7 Å². The van der Waals surface area contributed by atoms with Gasteiger partial charge in [0.25, 0.3) is 5.91 Å². The summed E-state index contributed by atoms with van der Waals surface area (Å²) in [6.45, 7) is 1.68. The smallest absolute Gasteiger partial charge is 0.260 e. The minimum atomic E-state index is 0.0697. The van der Waals surface area contributed by atoms with Crippen LogP contribution in [0.5, 0.6) is 5.75 Å². The maximum Gasteiger partial charge on any atom is 0.260 e. The standard InChI is InChI=1S/C19H23N3O2/c23-19(13-24-18-7-6-15-3-1-4-16(15)11-18)21-9-2-5-17(12-21)22-10-8-20-14-22/h6-8,10-11,14,17H,1-5,9,12-13H2/t17-/m1/s1. The molecule has 1 aliphatic heterocycles. The minimum absolute atomic E-state index is 0.0697. The van der Waals surface area contributed by atoms with Crippen molar-refractivity contribution in [2.24, 2.45) is 0 Å². The fourth-order valence-corrected chi connectivity index (χ4v) is 3.78. The maximum atomic E-state index is 12.5. The normalized spacial score (nSPS) is 20.0. The van der Waals surface area contributed by atoms with E-state index in [-0.39, 0.29) is 12.5 Å². The van der Waals surface area contributed by atoms with Crippen molar-refractivity contribution in [2.75, 3.05) is 19.7 Å². The number of ether oxygens (including phenoxy) is 1. The molecular formula is C19H23N3O2. The number of amides is 1. The lowest BCUT2D eigenvalue weighted by molar-refractivity contribution is -0.135. The molecule has 4 rings (SSSR count). The molecule has 5 nitrogen and oxygen atoms in total. The lowest BCUT2D eigenvalue weighted by Gasteiger charge is -2.33. The lowest BCUT2D eigenvalue weighted by atomic mass is 10.1.